The van der Waals surface area contributed by atoms with Gasteiger partial charge in [0.05, 0.1) is 26.8 Å². The number of fused-ring (bicyclic) bond motifs is 1. The molecule has 4 amide bonds. The van der Waals surface area contributed by atoms with Crippen LogP contribution in [0.4, 0.5) is 4.79 Å². The Balaban J connectivity index is 1.32. The highest BCUT2D eigenvalue weighted by molar-refractivity contribution is 6.04. The number of carbonyl (C=O) groups is 3. The van der Waals surface area contributed by atoms with Gasteiger partial charge < -0.3 is 20.1 Å². The maximum Gasteiger partial charge on any atom is 0.325 e. The predicted octanol–water partition coefficient (Wildman–Crippen LogP) is 2.71. The Morgan fingerprint density at radius 3 is 2.56 bits per heavy atom. The Bertz CT molecular complexity index is 1020. The molecule has 8 heteroatoms. The molecule has 0 bridgehead atoms. The molecule has 0 saturated carbocycles. The van der Waals surface area contributed by atoms with Crippen LogP contribution in [0, 0.1) is 0 Å². The van der Waals surface area contributed by atoms with Crippen LogP contribution in [0.1, 0.15) is 42.0 Å². The van der Waals surface area contributed by atoms with Crippen LogP contribution in [0.2, 0.25) is 0 Å². The van der Waals surface area contributed by atoms with Crippen molar-refractivity contribution in [3.8, 4) is 11.5 Å². The van der Waals surface area contributed by atoms with Crippen LogP contribution in [-0.4, -0.2) is 43.0 Å². The minimum absolute atomic E-state index is 0.110. The first-order valence-corrected chi connectivity index (χ1v) is 10.7. The summed E-state index contributed by atoms with van der Waals surface area (Å²) in [5, 5.41) is 5.75. The van der Waals surface area contributed by atoms with Gasteiger partial charge >= 0.3 is 6.03 Å². The van der Waals surface area contributed by atoms with E-state index in [9.17, 15) is 14.4 Å². The van der Waals surface area contributed by atoms with Crippen molar-refractivity contribution >= 4 is 17.8 Å². The Kier molecular flexibility index (Phi) is 6.30. The fourth-order valence-corrected chi connectivity index (χ4v) is 4.31. The Morgan fingerprint density at radius 2 is 1.84 bits per heavy atom. The van der Waals surface area contributed by atoms with Crippen molar-refractivity contribution in [2.45, 2.75) is 44.3 Å². The zero-order chi connectivity index (χ0) is 22.7. The molecule has 2 N–H and O–H groups in total. The molecule has 4 rings (SSSR count). The van der Waals surface area contributed by atoms with Gasteiger partial charge in [0.1, 0.15) is 6.04 Å². The standard InChI is InChI=1S/C24H27N3O5/c1-31-20-12-16-8-9-18(17(16)13-21(20)32-2)25-22(28)11-10-19-23(29)27(24(30)26-19)14-15-6-4-3-5-7-15/h3-7,12-13,18-19H,8-11,14H2,1-2H3,(H,25,28)(H,26,30)/t18-,19+/m1/s1. The molecule has 0 radical (unpaired) electrons. The van der Waals surface area contributed by atoms with E-state index in [-0.39, 0.29) is 37.2 Å². The van der Waals surface area contributed by atoms with Crippen molar-refractivity contribution in [2.24, 2.45) is 0 Å². The average molecular weight is 437 g/mol. The smallest absolute Gasteiger partial charge is 0.325 e. The minimum Gasteiger partial charge on any atom is -0.493 e. The predicted molar refractivity (Wildman–Crippen MR) is 117 cm³/mol. The van der Waals surface area contributed by atoms with E-state index < -0.39 is 12.1 Å². The van der Waals surface area contributed by atoms with E-state index in [0.29, 0.717) is 11.5 Å². The summed E-state index contributed by atoms with van der Waals surface area (Å²) in [6.07, 6.45) is 2.04. The number of benzene rings is 2. The number of amides is 4. The lowest BCUT2D eigenvalue weighted by Crippen LogP contribution is -2.33. The van der Waals surface area contributed by atoms with Crippen molar-refractivity contribution in [3.05, 3.63) is 59.2 Å². The van der Waals surface area contributed by atoms with Crippen LogP contribution in [0.15, 0.2) is 42.5 Å². The number of imide groups is 1. The van der Waals surface area contributed by atoms with E-state index in [0.717, 1.165) is 29.5 Å². The molecule has 8 nitrogen and oxygen atoms in total. The summed E-state index contributed by atoms with van der Waals surface area (Å²) >= 11 is 0. The zero-order valence-corrected chi connectivity index (χ0v) is 18.2. The lowest BCUT2D eigenvalue weighted by Gasteiger charge is -2.17. The summed E-state index contributed by atoms with van der Waals surface area (Å²) < 4.78 is 10.7. The zero-order valence-electron chi connectivity index (χ0n) is 18.2. The van der Waals surface area contributed by atoms with Crippen LogP contribution in [0.25, 0.3) is 0 Å². The Hall–Kier alpha value is -3.55. The molecule has 0 spiro atoms. The third kappa shape index (κ3) is 4.39. The van der Waals surface area contributed by atoms with Gasteiger partial charge in [-0.3, -0.25) is 14.5 Å². The lowest BCUT2D eigenvalue weighted by molar-refractivity contribution is -0.128. The summed E-state index contributed by atoms with van der Waals surface area (Å²) in [7, 11) is 3.18. The molecule has 1 aliphatic carbocycles. The molecule has 2 aromatic rings. The van der Waals surface area contributed by atoms with Crippen LogP contribution < -0.4 is 20.1 Å². The SMILES string of the molecule is COc1cc2c(cc1OC)[C@H](NC(=O)CC[C@@H]1NC(=O)N(Cc3ccccc3)C1=O)CC2. The Morgan fingerprint density at radius 1 is 1.12 bits per heavy atom. The number of nitrogens with zero attached hydrogens (tertiary/aromatic N) is 1. The molecular formula is C24H27N3O5. The quantitative estimate of drug-likeness (QED) is 0.619. The third-order valence-corrected chi connectivity index (χ3v) is 6.01. The number of rotatable bonds is 8. The van der Waals surface area contributed by atoms with E-state index in [1.54, 1.807) is 14.2 Å². The van der Waals surface area contributed by atoms with Gasteiger partial charge in [-0.15, -0.1) is 0 Å². The van der Waals surface area contributed by atoms with Crippen molar-refractivity contribution < 1.29 is 23.9 Å². The van der Waals surface area contributed by atoms with E-state index in [1.165, 1.54) is 4.90 Å². The highest BCUT2D eigenvalue weighted by Crippen LogP contribution is 2.39. The number of carbonyl (C=O) groups excluding carboxylic acids is 3. The molecule has 2 atom stereocenters. The number of urea groups is 1. The highest BCUT2D eigenvalue weighted by Gasteiger charge is 2.38. The second kappa shape index (κ2) is 9.30. The summed E-state index contributed by atoms with van der Waals surface area (Å²) in [6.45, 7) is 0.221. The maximum atomic E-state index is 12.7. The van der Waals surface area contributed by atoms with Crippen LogP contribution in [0.5, 0.6) is 11.5 Å². The first-order valence-electron chi connectivity index (χ1n) is 10.7. The van der Waals surface area contributed by atoms with E-state index >= 15 is 0 Å². The summed E-state index contributed by atoms with van der Waals surface area (Å²) in [6, 6.07) is 12.0. The van der Waals surface area contributed by atoms with Crippen molar-refractivity contribution in [2.75, 3.05) is 14.2 Å². The van der Waals surface area contributed by atoms with Gasteiger partial charge in [0.2, 0.25) is 5.91 Å². The largest absolute Gasteiger partial charge is 0.493 e. The second-order valence-electron chi connectivity index (χ2n) is 8.02. The summed E-state index contributed by atoms with van der Waals surface area (Å²) in [5.74, 6) is 0.856. The van der Waals surface area contributed by atoms with E-state index in [4.69, 9.17) is 9.47 Å². The van der Waals surface area contributed by atoms with Gasteiger partial charge in [-0.2, -0.15) is 0 Å². The molecule has 168 valence electrons. The van der Waals surface area contributed by atoms with Gasteiger partial charge in [-0.1, -0.05) is 30.3 Å². The molecule has 1 aliphatic heterocycles. The molecule has 2 aliphatic rings. The molecular weight excluding hydrogens is 410 g/mol. The van der Waals surface area contributed by atoms with Gasteiger partial charge in [0, 0.05) is 6.42 Å². The molecule has 2 aromatic carbocycles. The van der Waals surface area contributed by atoms with Crippen molar-refractivity contribution in [1.82, 2.24) is 15.5 Å². The van der Waals surface area contributed by atoms with E-state index in [2.05, 4.69) is 10.6 Å². The fraction of sp³-hybridized carbons (Fsp3) is 0.375. The first kappa shape index (κ1) is 21.7. The minimum atomic E-state index is -0.683. The van der Waals surface area contributed by atoms with Crippen molar-refractivity contribution in [3.63, 3.8) is 0 Å². The highest BCUT2D eigenvalue weighted by atomic mass is 16.5. The van der Waals surface area contributed by atoms with Gasteiger partial charge in [-0.05, 0) is 48.1 Å². The average Bonchev–Trinajstić information content (AvgIpc) is 3.32. The number of ether oxygens (including phenoxy) is 2. The van der Waals surface area contributed by atoms with Gasteiger partial charge in [-0.25, -0.2) is 4.79 Å². The van der Waals surface area contributed by atoms with Crippen molar-refractivity contribution in [1.29, 1.82) is 0 Å². The maximum absolute atomic E-state index is 12.7. The van der Waals surface area contributed by atoms with Gasteiger partial charge in [0.25, 0.3) is 5.91 Å². The molecule has 1 heterocycles. The number of hydrogen-bond acceptors (Lipinski definition) is 5. The molecule has 1 fully saturated rings. The number of nitrogens with one attached hydrogen (secondary N) is 2. The normalized spacial score (nSPS) is 19.5. The Labute approximate surface area is 186 Å². The van der Waals surface area contributed by atoms with Crippen LogP contribution >= 0.6 is 0 Å². The van der Waals surface area contributed by atoms with Crippen LogP contribution in [0.3, 0.4) is 0 Å². The lowest BCUT2D eigenvalue weighted by atomic mass is 10.1. The second-order valence-corrected chi connectivity index (χ2v) is 8.02. The number of methoxy groups -OCH3 is 2. The topological polar surface area (TPSA) is 97.0 Å². The number of hydrogen-bond donors (Lipinski definition) is 2. The number of aryl methyl sites for hydroxylation is 1. The molecule has 1 saturated heterocycles. The van der Waals surface area contributed by atoms with Crippen LogP contribution in [-0.2, 0) is 22.6 Å². The molecule has 0 unspecified atom stereocenters. The van der Waals surface area contributed by atoms with Gasteiger partial charge in [0.15, 0.2) is 11.5 Å². The van der Waals surface area contributed by atoms with E-state index in [1.807, 2.05) is 42.5 Å². The fourth-order valence-electron chi connectivity index (χ4n) is 4.31. The first-order chi connectivity index (χ1) is 15.5. The third-order valence-electron chi connectivity index (χ3n) is 6.01. The molecule has 0 aromatic heterocycles. The summed E-state index contributed by atoms with van der Waals surface area (Å²) in [4.78, 5) is 38.7. The summed E-state index contributed by atoms with van der Waals surface area (Å²) in [5.41, 5.74) is 3.03. The monoisotopic (exact) mass is 437 g/mol. The molecule has 32 heavy (non-hydrogen) atoms.